The third kappa shape index (κ3) is 4.03. The maximum Gasteiger partial charge on any atom is 0.341 e. The van der Waals surface area contributed by atoms with Crippen molar-refractivity contribution in [1.82, 2.24) is 0 Å². The maximum absolute atomic E-state index is 13.4. The smallest absolute Gasteiger partial charge is 0.341 e. The summed E-state index contributed by atoms with van der Waals surface area (Å²) in [5, 5.41) is 3.10. The molecule has 2 aromatic rings. The fraction of sp³-hybridized carbons (Fsp3) is 0.400. The van der Waals surface area contributed by atoms with Crippen LogP contribution in [0.25, 0.3) is 0 Å². The molecule has 1 aromatic carbocycles. The summed E-state index contributed by atoms with van der Waals surface area (Å²) in [6.07, 6.45) is 3.68. The van der Waals surface area contributed by atoms with Gasteiger partial charge in [0.25, 0.3) is 5.91 Å². The average molecular weight is 393 g/mol. The molecule has 1 unspecified atom stereocenters. The van der Waals surface area contributed by atoms with Crippen LogP contribution in [0.3, 0.4) is 0 Å². The number of nitrogens with one attached hydrogen (secondary N) is 1. The van der Waals surface area contributed by atoms with Crippen LogP contribution in [0.1, 0.15) is 57.8 Å². The van der Waals surface area contributed by atoms with E-state index >= 15 is 0 Å². The summed E-state index contributed by atoms with van der Waals surface area (Å²) in [6, 6.07) is 2.95. The first-order chi connectivity index (χ1) is 12.9. The van der Waals surface area contributed by atoms with E-state index in [2.05, 4.69) is 12.2 Å². The third-order valence-electron chi connectivity index (χ3n) is 4.83. The number of ether oxygens (including phenoxy) is 1. The van der Waals surface area contributed by atoms with Crippen molar-refractivity contribution in [1.29, 1.82) is 0 Å². The van der Waals surface area contributed by atoms with Crippen LogP contribution in [0.4, 0.5) is 13.8 Å². The van der Waals surface area contributed by atoms with E-state index in [0.717, 1.165) is 48.3 Å². The van der Waals surface area contributed by atoms with Gasteiger partial charge in [0.15, 0.2) is 11.6 Å². The summed E-state index contributed by atoms with van der Waals surface area (Å²) in [7, 11) is 0. The fourth-order valence-corrected chi connectivity index (χ4v) is 4.67. The molecule has 144 valence electrons. The Morgan fingerprint density at radius 1 is 1.26 bits per heavy atom. The Balaban J connectivity index is 1.93. The summed E-state index contributed by atoms with van der Waals surface area (Å²) in [5.41, 5.74) is 1.31. The quantitative estimate of drug-likeness (QED) is 0.730. The first-order valence-electron chi connectivity index (χ1n) is 9.02. The van der Waals surface area contributed by atoms with Crippen LogP contribution >= 0.6 is 11.3 Å². The van der Waals surface area contributed by atoms with E-state index in [1.54, 1.807) is 6.92 Å². The highest BCUT2D eigenvalue weighted by molar-refractivity contribution is 7.17. The predicted molar refractivity (Wildman–Crippen MR) is 100 cm³/mol. The van der Waals surface area contributed by atoms with Gasteiger partial charge >= 0.3 is 5.97 Å². The first kappa shape index (κ1) is 19.5. The van der Waals surface area contributed by atoms with Crippen molar-refractivity contribution in [2.24, 2.45) is 5.92 Å². The Bertz CT molecular complexity index is 878. The minimum absolute atomic E-state index is 0.0125. The lowest BCUT2D eigenvalue weighted by atomic mass is 9.85. The monoisotopic (exact) mass is 393 g/mol. The summed E-state index contributed by atoms with van der Waals surface area (Å²) in [4.78, 5) is 26.1. The van der Waals surface area contributed by atoms with Gasteiger partial charge in [-0.25, -0.2) is 13.6 Å². The van der Waals surface area contributed by atoms with Gasteiger partial charge in [-0.05, 0) is 55.9 Å². The molecule has 0 fully saturated rings. The van der Waals surface area contributed by atoms with Crippen molar-refractivity contribution in [2.45, 2.75) is 39.5 Å². The van der Waals surface area contributed by atoms with Gasteiger partial charge in [0.05, 0.1) is 12.2 Å². The van der Waals surface area contributed by atoms with E-state index in [1.165, 1.54) is 17.4 Å². The number of carbonyl (C=O) groups is 2. The second-order valence-corrected chi connectivity index (χ2v) is 7.63. The zero-order chi connectivity index (χ0) is 19.6. The number of thiophene rings is 1. The molecule has 3 rings (SSSR count). The van der Waals surface area contributed by atoms with E-state index in [9.17, 15) is 18.4 Å². The minimum atomic E-state index is -1.09. The van der Waals surface area contributed by atoms with Crippen LogP contribution in [0, 0.1) is 17.6 Å². The van der Waals surface area contributed by atoms with Crippen LogP contribution < -0.4 is 5.32 Å². The molecule has 0 saturated carbocycles. The first-order valence-corrected chi connectivity index (χ1v) is 9.84. The number of rotatable bonds is 5. The van der Waals surface area contributed by atoms with Gasteiger partial charge in [-0.1, -0.05) is 13.3 Å². The second kappa shape index (κ2) is 8.17. The van der Waals surface area contributed by atoms with E-state index in [-0.39, 0.29) is 12.2 Å². The van der Waals surface area contributed by atoms with Gasteiger partial charge in [0.2, 0.25) is 0 Å². The highest BCUT2D eigenvalue weighted by Crippen LogP contribution is 2.41. The standard InChI is InChI=1S/C20H21F2NO3S/c1-3-11-5-7-13-16(9-11)27-19(17(13)20(25)26-4-2)23-18(24)12-6-8-14(21)15(22)10-12/h6,8,10-11H,3-5,7,9H2,1-2H3,(H,23,24). The highest BCUT2D eigenvalue weighted by atomic mass is 32.1. The Kier molecular flexibility index (Phi) is 5.89. The number of esters is 1. The molecule has 4 nitrogen and oxygen atoms in total. The van der Waals surface area contributed by atoms with Crippen molar-refractivity contribution in [3.05, 3.63) is 51.4 Å². The summed E-state index contributed by atoms with van der Waals surface area (Å²) >= 11 is 1.37. The van der Waals surface area contributed by atoms with Crippen LogP contribution in [0.15, 0.2) is 18.2 Å². The molecular formula is C20H21F2NO3S. The molecule has 0 aliphatic heterocycles. The normalized spacial score (nSPS) is 15.9. The summed E-state index contributed by atoms with van der Waals surface area (Å²) in [6.45, 7) is 4.10. The Labute approximate surface area is 160 Å². The molecule has 1 amide bonds. The number of benzene rings is 1. The molecule has 27 heavy (non-hydrogen) atoms. The summed E-state index contributed by atoms with van der Waals surface area (Å²) in [5.74, 6) is -2.61. The van der Waals surface area contributed by atoms with Crippen molar-refractivity contribution in [3.63, 3.8) is 0 Å². The van der Waals surface area contributed by atoms with Gasteiger partial charge in [0.1, 0.15) is 5.00 Å². The molecule has 0 bridgehead atoms. The molecule has 1 atom stereocenters. The number of anilines is 1. The zero-order valence-electron chi connectivity index (χ0n) is 15.2. The van der Waals surface area contributed by atoms with E-state index in [0.29, 0.717) is 16.5 Å². The number of carbonyl (C=O) groups excluding carboxylic acids is 2. The van der Waals surface area contributed by atoms with Crippen LogP contribution in [0.2, 0.25) is 0 Å². The van der Waals surface area contributed by atoms with Gasteiger partial charge in [0, 0.05) is 10.4 Å². The van der Waals surface area contributed by atoms with E-state index < -0.39 is 23.5 Å². The number of fused-ring (bicyclic) bond motifs is 1. The highest BCUT2D eigenvalue weighted by Gasteiger charge is 2.30. The molecule has 7 heteroatoms. The third-order valence-corrected chi connectivity index (χ3v) is 6.00. The van der Waals surface area contributed by atoms with Crippen molar-refractivity contribution < 1.29 is 23.1 Å². The molecule has 1 aliphatic carbocycles. The average Bonchev–Trinajstić information content (AvgIpc) is 3.00. The second-order valence-electron chi connectivity index (χ2n) is 6.53. The topological polar surface area (TPSA) is 55.4 Å². The molecule has 1 N–H and O–H groups in total. The predicted octanol–water partition coefficient (Wildman–Crippen LogP) is 4.97. The molecule has 0 spiro atoms. The molecule has 0 saturated heterocycles. The summed E-state index contributed by atoms with van der Waals surface area (Å²) < 4.78 is 31.7. The number of hydrogen-bond donors (Lipinski definition) is 1. The van der Waals surface area contributed by atoms with Gasteiger partial charge in [-0.15, -0.1) is 11.3 Å². The SMILES string of the molecule is CCOC(=O)c1c(NC(=O)c2ccc(F)c(F)c2)sc2c1CCC(CC)C2. The molecule has 1 heterocycles. The Hall–Kier alpha value is -2.28. The Morgan fingerprint density at radius 3 is 2.70 bits per heavy atom. The molecule has 1 aliphatic rings. The number of amides is 1. The largest absolute Gasteiger partial charge is 0.462 e. The fourth-order valence-electron chi connectivity index (χ4n) is 3.32. The zero-order valence-corrected chi connectivity index (χ0v) is 16.1. The van der Waals surface area contributed by atoms with Crippen LogP contribution in [-0.2, 0) is 17.6 Å². The van der Waals surface area contributed by atoms with E-state index in [4.69, 9.17) is 4.74 Å². The van der Waals surface area contributed by atoms with Crippen LogP contribution in [0.5, 0.6) is 0 Å². The Morgan fingerprint density at radius 2 is 2.04 bits per heavy atom. The van der Waals surface area contributed by atoms with Crippen molar-refractivity contribution >= 4 is 28.2 Å². The van der Waals surface area contributed by atoms with Crippen molar-refractivity contribution in [2.75, 3.05) is 11.9 Å². The number of halogens is 2. The van der Waals surface area contributed by atoms with Crippen molar-refractivity contribution in [3.8, 4) is 0 Å². The van der Waals surface area contributed by atoms with Gasteiger partial charge < -0.3 is 10.1 Å². The molecule has 0 radical (unpaired) electrons. The van der Waals surface area contributed by atoms with Gasteiger partial charge in [-0.2, -0.15) is 0 Å². The molecular weight excluding hydrogens is 372 g/mol. The lowest BCUT2D eigenvalue weighted by Gasteiger charge is -2.20. The van der Waals surface area contributed by atoms with Crippen LogP contribution in [-0.4, -0.2) is 18.5 Å². The lowest BCUT2D eigenvalue weighted by molar-refractivity contribution is 0.0526. The minimum Gasteiger partial charge on any atom is -0.462 e. The number of hydrogen-bond acceptors (Lipinski definition) is 4. The van der Waals surface area contributed by atoms with E-state index in [1.807, 2.05) is 0 Å². The maximum atomic E-state index is 13.4. The van der Waals surface area contributed by atoms with Gasteiger partial charge in [-0.3, -0.25) is 4.79 Å². The molecule has 1 aromatic heterocycles. The lowest BCUT2D eigenvalue weighted by Crippen LogP contribution is -2.17.